The van der Waals surface area contributed by atoms with Gasteiger partial charge in [-0.05, 0) is 30.4 Å². The zero-order valence-electron chi connectivity index (χ0n) is 10.6. The first kappa shape index (κ1) is 12.6. The van der Waals surface area contributed by atoms with E-state index in [0.717, 1.165) is 29.9 Å². The average molecular weight is 219 g/mol. The van der Waals surface area contributed by atoms with Crippen molar-refractivity contribution >= 4 is 5.84 Å². The van der Waals surface area contributed by atoms with Gasteiger partial charge >= 0.3 is 0 Å². The molecular formula is C13H21N3. The number of amidine groups is 1. The summed E-state index contributed by atoms with van der Waals surface area (Å²) in [5.41, 5.74) is 12.4. The van der Waals surface area contributed by atoms with E-state index in [-0.39, 0.29) is 0 Å². The van der Waals surface area contributed by atoms with Crippen LogP contribution in [0.1, 0.15) is 33.6 Å². The smallest absolute Gasteiger partial charge is 0.149 e. The monoisotopic (exact) mass is 219 g/mol. The predicted molar refractivity (Wildman–Crippen MR) is 69.1 cm³/mol. The lowest BCUT2D eigenvalue weighted by molar-refractivity contribution is 0.603. The van der Waals surface area contributed by atoms with Crippen LogP contribution >= 0.6 is 0 Å². The molecule has 1 aliphatic rings. The Kier molecular flexibility index (Phi) is 4.39. The number of allylic oxidation sites excluding steroid dienone is 2. The van der Waals surface area contributed by atoms with Crippen LogP contribution in [0.2, 0.25) is 0 Å². The largest absolute Gasteiger partial charge is 0.395 e. The highest BCUT2D eigenvalue weighted by molar-refractivity contribution is 5.99. The summed E-state index contributed by atoms with van der Waals surface area (Å²) < 4.78 is 0. The van der Waals surface area contributed by atoms with Crippen LogP contribution < -0.4 is 11.1 Å². The Hall–Kier alpha value is -1.47. The first-order valence-corrected chi connectivity index (χ1v) is 5.77. The molecule has 3 N–H and O–H groups in total. The molecule has 0 aromatic heterocycles. The van der Waals surface area contributed by atoms with Crippen molar-refractivity contribution in [2.45, 2.75) is 33.6 Å². The number of nitrogens with one attached hydrogen (secondary N) is 1. The third-order valence-corrected chi connectivity index (χ3v) is 2.88. The zero-order valence-corrected chi connectivity index (χ0v) is 10.6. The first-order chi connectivity index (χ1) is 7.61. The molecule has 1 rings (SSSR count). The second-order valence-corrected chi connectivity index (χ2v) is 4.15. The fourth-order valence-corrected chi connectivity index (χ4v) is 2.10. The summed E-state index contributed by atoms with van der Waals surface area (Å²) in [5.74, 6) is 1.19. The van der Waals surface area contributed by atoms with Crippen LogP contribution in [-0.2, 0) is 0 Å². The maximum absolute atomic E-state index is 6.16. The van der Waals surface area contributed by atoms with Gasteiger partial charge in [0, 0.05) is 13.2 Å². The summed E-state index contributed by atoms with van der Waals surface area (Å²) in [7, 11) is 1.74. The van der Waals surface area contributed by atoms with Gasteiger partial charge in [0.15, 0.2) is 0 Å². The van der Waals surface area contributed by atoms with Crippen molar-refractivity contribution in [3.63, 3.8) is 0 Å². The summed E-state index contributed by atoms with van der Waals surface area (Å²) in [6.07, 6.45) is 4.06. The summed E-state index contributed by atoms with van der Waals surface area (Å²) in [5, 5.41) is 3.05. The molecule has 3 heteroatoms. The summed E-state index contributed by atoms with van der Waals surface area (Å²) in [6, 6.07) is 0. The van der Waals surface area contributed by atoms with Crippen LogP contribution in [-0.4, -0.2) is 12.9 Å². The van der Waals surface area contributed by atoms with Gasteiger partial charge in [-0.3, -0.25) is 4.99 Å². The zero-order chi connectivity index (χ0) is 12.1. The predicted octanol–water partition coefficient (Wildman–Crippen LogP) is 2.33. The molecule has 16 heavy (non-hydrogen) atoms. The minimum atomic E-state index is 0.447. The highest BCUT2D eigenvalue weighted by Crippen LogP contribution is 2.25. The van der Waals surface area contributed by atoms with E-state index >= 15 is 0 Å². The average Bonchev–Trinajstić information content (AvgIpc) is 2.37. The molecule has 0 aromatic carbocycles. The van der Waals surface area contributed by atoms with Crippen molar-refractivity contribution in [1.82, 2.24) is 5.32 Å². The van der Waals surface area contributed by atoms with Crippen LogP contribution in [0.25, 0.3) is 0 Å². The Bertz CT molecular complexity index is 382. The molecule has 88 valence electrons. The Labute approximate surface area is 97.8 Å². The van der Waals surface area contributed by atoms with E-state index in [9.17, 15) is 0 Å². The van der Waals surface area contributed by atoms with Crippen molar-refractivity contribution in [3.05, 3.63) is 28.8 Å². The minimum Gasteiger partial charge on any atom is -0.395 e. The second-order valence-electron chi connectivity index (χ2n) is 4.15. The number of hydrogen-bond acceptors (Lipinski definition) is 2. The maximum atomic E-state index is 6.16. The van der Waals surface area contributed by atoms with E-state index in [1.54, 1.807) is 13.2 Å². The van der Waals surface area contributed by atoms with Gasteiger partial charge in [0.2, 0.25) is 0 Å². The summed E-state index contributed by atoms with van der Waals surface area (Å²) in [6.45, 7) is 6.44. The molecule has 3 nitrogen and oxygen atoms in total. The molecule has 0 spiro atoms. The Balaban J connectivity index is 3.20. The Morgan fingerprint density at radius 1 is 1.56 bits per heavy atom. The number of rotatable bonds is 3. The molecule has 1 aliphatic heterocycles. The molecule has 0 bridgehead atoms. The lowest BCUT2D eigenvalue weighted by Crippen LogP contribution is -2.26. The van der Waals surface area contributed by atoms with Crippen LogP contribution in [0.15, 0.2) is 33.8 Å². The molecule has 0 saturated heterocycles. The van der Waals surface area contributed by atoms with E-state index in [1.807, 2.05) is 6.92 Å². The number of hydrogen-bond donors (Lipinski definition) is 2. The van der Waals surface area contributed by atoms with Crippen LogP contribution in [0, 0.1) is 5.92 Å². The quantitative estimate of drug-likeness (QED) is 0.716. The Morgan fingerprint density at radius 2 is 2.25 bits per heavy atom. The first-order valence-electron chi connectivity index (χ1n) is 5.77. The summed E-state index contributed by atoms with van der Waals surface area (Å²) >= 11 is 0. The van der Waals surface area contributed by atoms with Crippen molar-refractivity contribution in [3.8, 4) is 0 Å². The van der Waals surface area contributed by atoms with Gasteiger partial charge in [0.05, 0.1) is 5.70 Å². The van der Waals surface area contributed by atoms with E-state index in [0.29, 0.717) is 5.92 Å². The normalized spacial score (nSPS) is 20.5. The molecule has 0 aromatic rings. The number of aliphatic imine (C=N–C) groups is 1. The molecule has 1 heterocycles. The van der Waals surface area contributed by atoms with Crippen LogP contribution in [0.3, 0.4) is 0 Å². The highest BCUT2D eigenvalue weighted by Gasteiger charge is 2.18. The fraction of sp³-hybridized carbons (Fsp3) is 0.538. The van der Waals surface area contributed by atoms with E-state index in [1.165, 1.54) is 5.57 Å². The van der Waals surface area contributed by atoms with Crippen molar-refractivity contribution in [1.29, 1.82) is 0 Å². The lowest BCUT2D eigenvalue weighted by Gasteiger charge is -2.17. The second kappa shape index (κ2) is 5.57. The third kappa shape index (κ3) is 2.56. The molecule has 1 atom stereocenters. The molecule has 0 amide bonds. The van der Waals surface area contributed by atoms with E-state index in [4.69, 9.17) is 5.73 Å². The summed E-state index contributed by atoms with van der Waals surface area (Å²) in [4.78, 5) is 4.15. The fourth-order valence-electron chi connectivity index (χ4n) is 2.10. The third-order valence-electron chi connectivity index (χ3n) is 2.88. The van der Waals surface area contributed by atoms with Crippen molar-refractivity contribution in [2.75, 3.05) is 7.05 Å². The maximum Gasteiger partial charge on any atom is 0.149 e. The van der Waals surface area contributed by atoms with E-state index in [2.05, 4.69) is 29.9 Å². The molecule has 0 fully saturated rings. The van der Waals surface area contributed by atoms with Crippen molar-refractivity contribution < 1.29 is 0 Å². The van der Waals surface area contributed by atoms with Crippen LogP contribution in [0.5, 0.6) is 0 Å². The van der Waals surface area contributed by atoms with Gasteiger partial charge in [-0.25, -0.2) is 0 Å². The van der Waals surface area contributed by atoms with Gasteiger partial charge in [0.1, 0.15) is 5.84 Å². The molecule has 1 unspecified atom stereocenters. The van der Waals surface area contributed by atoms with E-state index < -0.39 is 0 Å². The highest BCUT2D eigenvalue weighted by atomic mass is 15.0. The van der Waals surface area contributed by atoms with Crippen LogP contribution in [0.4, 0.5) is 0 Å². The molecule has 0 aliphatic carbocycles. The van der Waals surface area contributed by atoms with Gasteiger partial charge in [0.25, 0.3) is 0 Å². The number of nitrogens with zero attached hydrogens (tertiary/aromatic N) is 1. The molecule has 0 saturated carbocycles. The molecular weight excluding hydrogens is 198 g/mol. The SMILES string of the molecule is CCCC(C)C1=C(N)C(=NC)NC=C=C1C. The van der Waals surface area contributed by atoms with Crippen molar-refractivity contribution in [2.24, 2.45) is 16.6 Å². The lowest BCUT2D eigenvalue weighted by atomic mass is 9.89. The molecule has 0 radical (unpaired) electrons. The van der Waals surface area contributed by atoms with Gasteiger partial charge in [-0.2, -0.15) is 0 Å². The standard InChI is InChI=1S/C13H21N3/c1-5-6-9(2)11-10(3)7-8-16-13(15-4)12(11)14/h8-9H,5-6,14H2,1-4H3,(H,15,16). The van der Waals surface area contributed by atoms with Gasteiger partial charge in [-0.15, -0.1) is 0 Å². The van der Waals surface area contributed by atoms with Gasteiger partial charge < -0.3 is 11.1 Å². The number of nitrogens with two attached hydrogens (primary N) is 1. The van der Waals surface area contributed by atoms with Gasteiger partial charge in [-0.1, -0.05) is 26.0 Å². The topological polar surface area (TPSA) is 50.4 Å². The Morgan fingerprint density at radius 3 is 2.81 bits per heavy atom. The minimum absolute atomic E-state index is 0.447.